The van der Waals surface area contributed by atoms with E-state index in [4.69, 9.17) is 15.2 Å². The smallest absolute Gasteiger partial charge is 0.244 e. The summed E-state index contributed by atoms with van der Waals surface area (Å²) >= 11 is 0. The molecule has 3 aromatic carbocycles. The van der Waals surface area contributed by atoms with Crippen molar-refractivity contribution in [2.45, 2.75) is 95.5 Å². The van der Waals surface area contributed by atoms with Gasteiger partial charge in [-0.1, -0.05) is 123 Å². The molecule has 2 aromatic heterocycles. The van der Waals surface area contributed by atoms with Gasteiger partial charge in [-0.2, -0.15) is 0 Å². The molecule has 2 heterocycles. The molecule has 12 heteroatoms. The maximum atomic E-state index is 14.5. The Hall–Kier alpha value is -4.98. The molecule has 0 aliphatic heterocycles. The van der Waals surface area contributed by atoms with E-state index in [9.17, 15) is 14.7 Å². The average molecular weight is 748 g/mol. The Labute approximate surface area is 323 Å². The molecular weight excluding hydrogens is 695 g/mol. The van der Waals surface area contributed by atoms with Crippen LogP contribution in [0.4, 0.5) is 0 Å². The average Bonchev–Trinajstić information content (AvgIpc) is 3.92. The number of carbonyl (C=O) groups excluding carboxylic acids is 2. The molecule has 6 rings (SSSR count). The summed E-state index contributed by atoms with van der Waals surface area (Å²) in [5, 5.41) is 15.1. The van der Waals surface area contributed by atoms with Gasteiger partial charge in [0.05, 0.1) is 31.6 Å². The van der Waals surface area contributed by atoms with Crippen molar-refractivity contribution in [3.05, 3.63) is 144 Å². The van der Waals surface area contributed by atoms with Crippen LogP contribution in [-0.4, -0.2) is 66.2 Å². The van der Waals surface area contributed by atoms with Crippen LogP contribution < -0.4 is 11.1 Å². The number of imide groups is 1. The van der Waals surface area contributed by atoms with E-state index in [-0.39, 0.29) is 32.9 Å². The zero-order valence-corrected chi connectivity index (χ0v) is 31.3. The second-order valence-electron chi connectivity index (χ2n) is 14.4. The molecule has 0 bridgehead atoms. The van der Waals surface area contributed by atoms with Crippen molar-refractivity contribution in [3.8, 4) is 0 Å². The second-order valence-corrected chi connectivity index (χ2v) is 14.4. The molecule has 1 fully saturated rings. The maximum absolute atomic E-state index is 14.5. The van der Waals surface area contributed by atoms with Gasteiger partial charge in [0.2, 0.25) is 11.8 Å². The summed E-state index contributed by atoms with van der Waals surface area (Å²) in [4.78, 5) is 41.9. The molecule has 1 saturated carbocycles. The Morgan fingerprint density at radius 3 is 2.15 bits per heavy atom. The van der Waals surface area contributed by atoms with E-state index in [0.717, 1.165) is 42.4 Å². The number of hydrogen-bond acceptors (Lipinski definition) is 9. The number of aromatic amines is 1. The fraction of sp³-hybridized carbons (Fsp3) is 0.395. The van der Waals surface area contributed by atoms with Crippen molar-refractivity contribution in [1.29, 1.82) is 0 Å². The predicted molar refractivity (Wildman–Crippen MR) is 209 cm³/mol. The largest absolute Gasteiger partial charge is 0.384 e. The molecule has 290 valence electrons. The Balaban J connectivity index is 1.31. The first-order valence-electron chi connectivity index (χ1n) is 19.2. The normalized spacial score (nSPS) is 15.7. The van der Waals surface area contributed by atoms with Crippen LogP contribution in [0.2, 0.25) is 0 Å². The van der Waals surface area contributed by atoms with Gasteiger partial charge in [0, 0.05) is 36.7 Å². The standard InChI is InChI=1S/C43H53N7O5/c44-37(23-32-13-5-1-6-14-32)42(52)48-43(53)39(25-36-26-45-29-47-36)50(31-55-28-35-19-11-4-12-20-35)38(24-33-15-7-2-8-16-33)40(51)41-46-21-22-49(41)30-54-27-34-17-9-3-10-18-34/h1,3-6,9-14,17-22,26,29,33,37-40,51H,2,7-8,15-16,23-25,27-28,30-31,44H2,(H,45,47)(H,48,52,53)/t37-,38-,39-,40?/m0/s1. The summed E-state index contributed by atoms with van der Waals surface area (Å²) in [7, 11) is 0. The highest BCUT2D eigenvalue weighted by molar-refractivity contribution is 6.00. The van der Waals surface area contributed by atoms with E-state index in [1.807, 2.05) is 95.9 Å². The summed E-state index contributed by atoms with van der Waals surface area (Å²) in [6.45, 7) is 0.843. The van der Waals surface area contributed by atoms with Crippen molar-refractivity contribution in [3.63, 3.8) is 0 Å². The van der Waals surface area contributed by atoms with Crippen molar-refractivity contribution < 1.29 is 24.2 Å². The second kappa shape index (κ2) is 20.6. The summed E-state index contributed by atoms with van der Waals surface area (Å²) in [6, 6.07) is 26.6. The number of ether oxygens (including phenoxy) is 2. The van der Waals surface area contributed by atoms with Gasteiger partial charge < -0.3 is 29.9 Å². The lowest BCUT2D eigenvalue weighted by molar-refractivity contribution is -0.140. The Morgan fingerprint density at radius 1 is 0.873 bits per heavy atom. The maximum Gasteiger partial charge on any atom is 0.244 e. The van der Waals surface area contributed by atoms with Crippen molar-refractivity contribution in [1.82, 2.24) is 29.7 Å². The number of amides is 2. The Kier molecular flexibility index (Phi) is 14.9. The molecule has 0 spiro atoms. The molecule has 12 nitrogen and oxygen atoms in total. The third kappa shape index (κ3) is 11.8. The van der Waals surface area contributed by atoms with Gasteiger partial charge in [-0.15, -0.1) is 0 Å². The minimum Gasteiger partial charge on any atom is -0.384 e. The number of nitrogens with two attached hydrogens (primary N) is 1. The van der Waals surface area contributed by atoms with Crippen LogP contribution in [0.3, 0.4) is 0 Å². The van der Waals surface area contributed by atoms with Gasteiger partial charge in [-0.05, 0) is 35.4 Å². The van der Waals surface area contributed by atoms with Crippen molar-refractivity contribution >= 4 is 11.8 Å². The molecule has 55 heavy (non-hydrogen) atoms. The molecule has 0 radical (unpaired) electrons. The monoisotopic (exact) mass is 747 g/mol. The fourth-order valence-corrected chi connectivity index (χ4v) is 7.40. The number of nitrogens with one attached hydrogen (secondary N) is 2. The molecule has 1 aliphatic rings. The van der Waals surface area contributed by atoms with Gasteiger partial charge in [0.25, 0.3) is 0 Å². The van der Waals surface area contributed by atoms with Crippen LogP contribution in [0.1, 0.15) is 72.8 Å². The Bertz CT molecular complexity index is 1850. The number of H-pyrrole nitrogens is 1. The summed E-state index contributed by atoms with van der Waals surface area (Å²) in [6.07, 6.45) is 12.0. The first-order valence-corrected chi connectivity index (χ1v) is 19.2. The summed E-state index contributed by atoms with van der Waals surface area (Å²) in [5.74, 6) is -0.394. The number of hydrogen-bond donors (Lipinski definition) is 4. The number of nitrogens with zero attached hydrogens (tertiary/aromatic N) is 4. The molecule has 2 amide bonds. The highest BCUT2D eigenvalue weighted by Gasteiger charge is 2.40. The number of aromatic nitrogens is 4. The summed E-state index contributed by atoms with van der Waals surface area (Å²) in [5.41, 5.74) is 9.95. The zero-order chi connectivity index (χ0) is 38.2. The highest BCUT2D eigenvalue weighted by Crippen LogP contribution is 2.34. The molecule has 1 unspecified atom stereocenters. The van der Waals surface area contributed by atoms with E-state index < -0.39 is 36.0 Å². The van der Waals surface area contributed by atoms with Crippen LogP contribution in [0.15, 0.2) is 116 Å². The quantitative estimate of drug-likeness (QED) is 0.0759. The van der Waals surface area contributed by atoms with Crippen molar-refractivity contribution in [2.24, 2.45) is 11.7 Å². The number of rotatable bonds is 20. The van der Waals surface area contributed by atoms with E-state index in [1.165, 1.54) is 6.42 Å². The van der Waals surface area contributed by atoms with E-state index >= 15 is 0 Å². The molecule has 0 saturated heterocycles. The Morgan fingerprint density at radius 2 is 1.51 bits per heavy atom. The minimum atomic E-state index is -1.13. The van der Waals surface area contributed by atoms with Crippen LogP contribution in [0.5, 0.6) is 0 Å². The number of benzene rings is 3. The van der Waals surface area contributed by atoms with Gasteiger partial charge in [-0.25, -0.2) is 9.97 Å². The van der Waals surface area contributed by atoms with Crippen LogP contribution in [0, 0.1) is 5.92 Å². The third-order valence-corrected chi connectivity index (χ3v) is 10.3. The highest BCUT2D eigenvalue weighted by atomic mass is 16.5. The van der Waals surface area contributed by atoms with Crippen LogP contribution in [0.25, 0.3) is 0 Å². The zero-order valence-electron chi connectivity index (χ0n) is 31.3. The molecule has 5 N–H and O–H groups in total. The fourth-order valence-electron chi connectivity index (χ4n) is 7.40. The summed E-state index contributed by atoms with van der Waals surface area (Å²) < 4.78 is 14.3. The van der Waals surface area contributed by atoms with Gasteiger partial charge in [-0.3, -0.25) is 19.8 Å². The van der Waals surface area contributed by atoms with E-state index in [1.54, 1.807) is 29.5 Å². The molecule has 4 atom stereocenters. The van der Waals surface area contributed by atoms with Crippen LogP contribution in [-0.2, 0) is 51.8 Å². The van der Waals surface area contributed by atoms with E-state index in [2.05, 4.69) is 20.3 Å². The number of carbonyl (C=O) groups is 2. The predicted octanol–water partition coefficient (Wildman–Crippen LogP) is 5.45. The lowest BCUT2D eigenvalue weighted by Crippen LogP contribution is -2.57. The number of imidazole rings is 2. The molecule has 1 aliphatic carbocycles. The third-order valence-electron chi connectivity index (χ3n) is 10.3. The molecule has 5 aromatic rings. The van der Waals surface area contributed by atoms with Gasteiger partial charge in [0.1, 0.15) is 25.4 Å². The number of aliphatic hydroxyl groups excluding tert-OH is 1. The van der Waals surface area contributed by atoms with Crippen molar-refractivity contribution in [2.75, 3.05) is 6.73 Å². The first kappa shape index (κ1) is 39.7. The lowest BCUT2D eigenvalue weighted by Gasteiger charge is -2.41. The topological polar surface area (TPSA) is 161 Å². The van der Waals surface area contributed by atoms with E-state index in [0.29, 0.717) is 30.5 Å². The van der Waals surface area contributed by atoms with Gasteiger partial charge in [0.15, 0.2) is 0 Å². The van der Waals surface area contributed by atoms with Crippen LogP contribution >= 0.6 is 0 Å². The number of aliphatic hydroxyl groups is 1. The molecular formula is C43H53N7O5. The minimum absolute atomic E-state index is 0.00889. The SMILES string of the molecule is N[C@@H](Cc1ccccc1)C(=O)NC(=O)[C@H](Cc1cnc[nH]1)N(COCc1ccccc1)[C@@H](CC1CCCCC1)C(O)c1nccn1COCc1ccccc1. The first-order chi connectivity index (χ1) is 26.9. The lowest BCUT2D eigenvalue weighted by atomic mass is 9.82. The van der Waals surface area contributed by atoms with Gasteiger partial charge >= 0.3 is 0 Å².